The van der Waals surface area contributed by atoms with Gasteiger partial charge in [-0.2, -0.15) is 5.26 Å². The average Bonchev–Trinajstić information content (AvgIpc) is 3.13. The quantitative estimate of drug-likeness (QED) is 0.374. The molecule has 0 saturated carbocycles. The first-order chi connectivity index (χ1) is 12.7. The number of thiazole rings is 1. The summed E-state index contributed by atoms with van der Waals surface area (Å²) in [4.78, 5) is 16.0. The Morgan fingerprint density at radius 2 is 1.88 bits per heavy atom. The number of carbonyl (C=O) groups excluding carboxylic acids is 1. The molecule has 0 bridgehead atoms. The Hall–Kier alpha value is -2.75. The van der Waals surface area contributed by atoms with E-state index in [0.29, 0.717) is 19.3 Å². The van der Waals surface area contributed by atoms with E-state index in [1.807, 2.05) is 54.6 Å². The SMILES string of the molecule is N#CC(CCCCC(=O)NO)(c1ccccc1)c1nc2ccccc2s1. The van der Waals surface area contributed by atoms with Crippen LogP contribution in [0.3, 0.4) is 0 Å². The fourth-order valence-corrected chi connectivity index (χ4v) is 4.21. The first-order valence-corrected chi connectivity index (χ1v) is 9.27. The predicted octanol–water partition coefficient (Wildman–Crippen LogP) is 4.17. The van der Waals surface area contributed by atoms with E-state index in [9.17, 15) is 10.1 Å². The summed E-state index contributed by atoms with van der Waals surface area (Å²) in [5, 5.41) is 19.6. The summed E-state index contributed by atoms with van der Waals surface area (Å²) in [6.45, 7) is 0. The standard InChI is InChI=1S/C20H19N3O2S/c21-14-20(15-8-2-1-3-9-15,13-7-6-12-18(24)23-25)19-22-16-10-4-5-11-17(16)26-19/h1-5,8-11,25H,6-7,12-13H2,(H,23,24). The zero-order valence-electron chi connectivity index (χ0n) is 14.2. The number of nitrogens with one attached hydrogen (secondary N) is 1. The third kappa shape index (κ3) is 3.59. The molecule has 2 N–H and O–H groups in total. The molecule has 132 valence electrons. The van der Waals surface area contributed by atoms with Gasteiger partial charge in [0, 0.05) is 6.42 Å². The fourth-order valence-electron chi connectivity index (χ4n) is 3.05. The number of para-hydroxylation sites is 1. The van der Waals surface area contributed by atoms with Crippen LogP contribution >= 0.6 is 11.3 Å². The van der Waals surface area contributed by atoms with E-state index < -0.39 is 11.3 Å². The summed E-state index contributed by atoms with van der Waals surface area (Å²) in [7, 11) is 0. The van der Waals surface area contributed by atoms with Gasteiger partial charge in [0.05, 0.1) is 16.3 Å². The molecule has 0 aliphatic rings. The number of carbonyl (C=O) groups is 1. The van der Waals surface area contributed by atoms with Gasteiger partial charge in [0.2, 0.25) is 5.91 Å². The molecule has 0 saturated heterocycles. The van der Waals surface area contributed by atoms with Crippen molar-refractivity contribution in [1.82, 2.24) is 10.5 Å². The Bertz CT molecular complexity index is 900. The minimum absolute atomic E-state index is 0.229. The van der Waals surface area contributed by atoms with Crippen LogP contribution < -0.4 is 5.48 Å². The summed E-state index contributed by atoms with van der Waals surface area (Å²) in [5.74, 6) is -0.410. The number of fused-ring (bicyclic) bond motifs is 1. The summed E-state index contributed by atoms with van der Waals surface area (Å²) in [5.41, 5.74) is 2.60. The maximum absolute atomic E-state index is 11.2. The van der Waals surface area contributed by atoms with E-state index in [1.165, 1.54) is 11.3 Å². The molecule has 6 heteroatoms. The Labute approximate surface area is 155 Å². The fraction of sp³-hybridized carbons (Fsp3) is 0.250. The van der Waals surface area contributed by atoms with E-state index >= 15 is 0 Å². The van der Waals surface area contributed by atoms with Crippen LogP contribution in [0.15, 0.2) is 54.6 Å². The minimum Gasteiger partial charge on any atom is -0.289 e. The molecule has 1 amide bonds. The highest BCUT2D eigenvalue weighted by Gasteiger charge is 2.37. The summed E-state index contributed by atoms with van der Waals surface area (Å²) < 4.78 is 1.05. The van der Waals surface area contributed by atoms with Crippen molar-refractivity contribution in [3.63, 3.8) is 0 Å². The summed E-state index contributed by atoms with van der Waals surface area (Å²) >= 11 is 1.54. The van der Waals surface area contributed by atoms with E-state index in [-0.39, 0.29) is 6.42 Å². The Balaban J connectivity index is 1.95. The highest BCUT2D eigenvalue weighted by atomic mass is 32.1. The highest BCUT2D eigenvalue weighted by molar-refractivity contribution is 7.18. The van der Waals surface area contributed by atoms with Crippen LogP contribution in [0.1, 0.15) is 36.3 Å². The van der Waals surface area contributed by atoms with E-state index in [4.69, 9.17) is 10.2 Å². The van der Waals surface area contributed by atoms with Gasteiger partial charge in [0.15, 0.2) is 0 Å². The smallest absolute Gasteiger partial charge is 0.243 e. The molecule has 1 unspecified atom stereocenters. The lowest BCUT2D eigenvalue weighted by Gasteiger charge is -2.25. The average molecular weight is 365 g/mol. The lowest BCUT2D eigenvalue weighted by atomic mass is 9.78. The molecule has 2 aromatic carbocycles. The molecule has 26 heavy (non-hydrogen) atoms. The highest BCUT2D eigenvalue weighted by Crippen LogP contribution is 2.40. The van der Waals surface area contributed by atoms with Gasteiger partial charge in [0.1, 0.15) is 10.4 Å². The Morgan fingerprint density at radius 3 is 2.58 bits per heavy atom. The van der Waals surface area contributed by atoms with Crippen molar-refractivity contribution in [3.8, 4) is 6.07 Å². The number of unbranched alkanes of at least 4 members (excludes halogenated alkanes) is 1. The Morgan fingerprint density at radius 1 is 1.15 bits per heavy atom. The summed E-state index contributed by atoms with van der Waals surface area (Å²) in [6.07, 6.45) is 2.05. The number of amides is 1. The number of rotatable bonds is 7. The maximum Gasteiger partial charge on any atom is 0.243 e. The molecular formula is C20H19N3O2S. The number of hydrogen-bond donors (Lipinski definition) is 2. The number of benzene rings is 2. The summed E-state index contributed by atoms with van der Waals surface area (Å²) in [6, 6.07) is 20.1. The molecule has 0 aliphatic carbocycles. The van der Waals surface area contributed by atoms with Crippen molar-refractivity contribution in [2.24, 2.45) is 0 Å². The van der Waals surface area contributed by atoms with Gasteiger partial charge in [-0.3, -0.25) is 10.0 Å². The van der Waals surface area contributed by atoms with Crippen molar-refractivity contribution < 1.29 is 10.0 Å². The van der Waals surface area contributed by atoms with Crippen molar-refractivity contribution in [2.75, 3.05) is 0 Å². The van der Waals surface area contributed by atoms with Crippen LogP contribution in [0.4, 0.5) is 0 Å². The topological polar surface area (TPSA) is 86.0 Å². The molecule has 0 spiro atoms. The molecule has 1 atom stereocenters. The second-order valence-electron chi connectivity index (χ2n) is 6.11. The van der Waals surface area contributed by atoms with Crippen molar-refractivity contribution in [2.45, 2.75) is 31.1 Å². The van der Waals surface area contributed by atoms with Gasteiger partial charge in [-0.15, -0.1) is 11.3 Å². The minimum atomic E-state index is -0.847. The molecule has 3 aromatic rings. The van der Waals surface area contributed by atoms with Gasteiger partial charge >= 0.3 is 0 Å². The van der Waals surface area contributed by atoms with Crippen molar-refractivity contribution >= 4 is 27.5 Å². The van der Waals surface area contributed by atoms with Gasteiger partial charge < -0.3 is 0 Å². The molecule has 3 rings (SSSR count). The van der Waals surface area contributed by atoms with Crippen LogP contribution in [0.2, 0.25) is 0 Å². The Kier molecular flexibility index (Phi) is 5.61. The molecule has 0 aliphatic heterocycles. The van der Waals surface area contributed by atoms with Gasteiger partial charge in [-0.25, -0.2) is 10.5 Å². The van der Waals surface area contributed by atoms with Crippen LogP contribution in [0.5, 0.6) is 0 Å². The van der Waals surface area contributed by atoms with E-state index in [2.05, 4.69) is 6.07 Å². The van der Waals surface area contributed by atoms with E-state index in [0.717, 1.165) is 20.8 Å². The first-order valence-electron chi connectivity index (χ1n) is 8.45. The van der Waals surface area contributed by atoms with Gasteiger partial charge in [-0.1, -0.05) is 48.9 Å². The van der Waals surface area contributed by atoms with Crippen LogP contribution in [0.25, 0.3) is 10.2 Å². The second-order valence-corrected chi connectivity index (χ2v) is 7.14. The van der Waals surface area contributed by atoms with Gasteiger partial charge in [0.25, 0.3) is 0 Å². The first kappa shape index (κ1) is 18.1. The predicted molar refractivity (Wildman–Crippen MR) is 101 cm³/mol. The van der Waals surface area contributed by atoms with Crippen LogP contribution in [0, 0.1) is 11.3 Å². The van der Waals surface area contributed by atoms with E-state index in [1.54, 1.807) is 5.48 Å². The molecule has 0 radical (unpaired) electrons. The molecule has 0 fully saturated rings. The normalized spacial score (nSPS) is 13.1. The number of aromatic nitrogens is 1. The van der Waals surface area contributed by atoms with Gasteiger partial charge in [-0.05, 0) is 30.5 Å². The number of nitriles is 1. The van der Waals surface area contributed by atoms with Crippen LogP contribution in [-0.4, -0.2) is 16.1 Å². The second kappa shape index (κ2) is 8.09. The number of hydroxylamine groups is 1. The third-order valence-corrected chi connectivity index (χ3v) is 5.64. The lowest BCUT2D eigenvalue weighted by molar-refractivity contribution is -0.129. The molecular weight excluding hydrogens is 346 g/mol. The van der Waals surface area contributed by atoms with Crippen molar-refractivity contribution in [1.29, 1.82) is 5.26 Å². The lowest BCUT2D eigenvalue weighted by Crippen LogP contribution is -2.26. The molecule has 1 aromatic heterocycles. The largest absolute Gasteiger partial charge is 0.289 e. The van der Waals surface area contributed by atoms with Crippen molar-refractivity contribution in [3.05, 3.63) is 65.2 Å². The number of nitrogens with zero attached hydrogens (tertiary/aromatic N) is 2. The third-order valence-electron chi connectivity index (χ3n) is 4.45. The molecule has 1 heterocycles. The van der Waals surface area contributed by atoms with Crippen LogP contribution in [-0.2, 0) is 10.2 Å². The maximum atomic E-state index is 11.2. The number of hydrogen-bond acceptors (Lipinski definition) is 5. The molecule has 5 nitrogen and oxygen atoms in total. The monoisotopic (exact) mass is 365 g/mol. The zero-order valence-corrected chi connectivity index (χ0v) is 15.0. The zero-order chi connectivity index (χ0) is 18.4.